The summed E-state index contributed by atoms with van der Waals surface area (Å²) in [5.41, 5.74) is 0. The largest absolute Gasteiger partial charge is 0.392 e. The van der Waals surface area contributed by atoms with E-state index in [9.17, 15) is 5.11 Å². The van der Waals surface area contributed by atoms with Crippen LogP contribution in [0.25, 0.3) is 0 Å². The zero-order valence-electron chi connectivity index (χ0n) is 11.2. The molecule has 0 aromatic heterocycles. The van der Waals surface area contributed by atoms with E-state index in [2.05, 4.69) is 29.0 Å². The van der Waals surface area contributed by atoms with Crippen LogP contribution in [0.15, 0.2) is 0 Å². The Morgan fingerprint density at radius 3 is 2.35 bits per heavy atom. The van der Waals surface area contributed by atoms with Gasteiger partial charge in [-0.25, -0.2) is 0 Å². The van der Waals surface area contributed by atoms with Crippen LogP contribution in [0.1, 0.15) is 20.3 Å². The highest BCUT2D eigenvalue weighted by molar-refractivity contribution is 4.85. The van der Waals surface area contributed by atoms with E-state index in [4.69, 9.17) is 0 Å². The molecule has 4 nitrogen and oxygen atoms in total. The van der Waals surface area contributed by atoms with Gasteiger partial charge in [0.2, 0.25) is 0 Å². The van der Waals surface area contributed by atoms with Gasteiger partial charge >= 0.3 is 0 Å². The molecule has 0 radical (unpaired) electrons. The number of aliphatic hydroxyl groups is 1. The van der Waals surface area contributed by atoms with Crippen molar-refractivity contribution in [1.29, 1.82) is 0 Å². The van der Waals surface area contributed by atoms with Crippen molar-refractivity contribution < 1.29 is 5.11 Å². The predicted molar refractivity (Wildman–Crippen MR) is 70.1 cm³/mol. The molecule has 100 valence electrons. The van der Waals surface area contributed by atoms with E-state index in [0.717, 1.165) is 25.4 Å². The van der Waals surface area contributed by atoms with E-state index in [1.165, 1.54) is 32.7 Å². The molecule has 2 unspecified atom stereocenters. The van der Waals surface area contributed by atoms with Gasteiger partial charge in [-0.05, 0) is 12.3 Å². The molecule has 0 spiro atoms. The molecule has 2 saturated heterocycles. The number of β-amino-alcohol motifs (C(OH)–C–C–N with tert-alkyl or cyclic N) is 1. The van der Waals surface area contributed by atoms with Crippen LogP contribution in [-0.2, 0) is 0 Å². The molecular formula is C13H27N3O. The normalized spacial score (nSPS) is 32.5. The van der Waals surface area contributed by atoms with Crippen molar-refractivity contribution in [3.05, 3.63) is 0 Å². The molecule has 2 heterocycles. The third-order valence-electron chi connectivity index (χ3n) is 3.77. The summed E-state index contributed by atoms with van der Waals surface area (Å²) in [7, 11) is 0. The summed E-state index contributed by atoms with van der Waals surface area (Å²) in [5.74, 6) is 0.771. The van der Waals surface area contributed by atoms with Crippen LogP contribution in [0, 0.1) is 5.92 Å². The van der Waals surface area contributed by atoms with E-state index < -0.39 is 0 Å². The predicted octanol–water partition coefficient (Wildman–Crippen LogP) is -0.0172. The number of nitrogens with zero attached hydrogens (tertiary/aromatic N) is 2. The third kappa shape index (κ3) is 4.21. The molecule has 2 fully saturated rings. The lowest BCUT2D eigenvalue weighted by atomic mass is 10.1. The average Bonchev–Trinajstić information content (AvgIpc) is 2.66. The molecule has 0 saturated carbocycles. The van der Waals surface area contributed by atoms with E-state index in [0.29, 0.717) is 6.04 Å². The summed E-state index contributed by atoms with van der Waals surface area (Å²) in [6.07, 6.45) is 0.800. The smallest absolute Gasteiger partial charge is 0.0680 e. The summed E-state index contributed by atoms with van der Waals surface area (Å²) in [6.45, 7) is 12.5. The van der Waals surface area contributed by atoms with Crippen LogP contribution in [-0.4, -0.2) is 72.9 Å². The van der Waals surface area contributed by atoms with Crippen molar-refractivity contribution in [1.82, 2.24) is 15.1 Å². The van der Waals surface area contributed by atoms with E-state index in [1.54, 1.807) is 0 Å². The molecule has 0 bridgehead atoms. The van der Waals surface area contributed by atoms with Crippen molar-refractivity contribution in [2.75, 3.05) is 45.8 Å². The van der Waals surface area contributed by atoms with Gasteiger partial charge in [0.25, 0.3) is 0 Å². The Kier molecular flexibility index (Phi) is 4.79. The topological polar surface area (TPSA) is 38.7 Å². The lowest BCUT2D eigenvalue weighted by Gasteiger charge is -2.36. The Morgan fingerprint density at radius 1 is 1.18 bits per heavy atom. The molecule has 4 heteroatoms. The van der Waals surface area contributed by atoms with Gasteiger partial charge in [0.1, 0.15) is 0 Å². The number of rotatable bonds is 4. The minimum atomic E-state index is -0.123. The highest BCUT2D eigenvalue weighted by Crippen LogP contribution is 2.10. The van der Waals surface area contributed by atoms with Crippen LogP contribution in [0.3, 0.4) is 0 Å². The van der Waals surface area contributed by atoms with Gasteiger partial charge in [-0.2, -0.15) is 0 Å². The van der Waals surface area contributed by atoms with Gasteiger partial charge in [-0.1, -0.05) is 13.8 Å². The fourth-order valence-corrected chi connectivity index (χ4v) is 2.92. The SMILES string of the molecule is CC(C)CN1CCN(CC2CC(O)CN2)CC1. The van der Waals surface area contributed by atoms with Gasteiger partial charge in [0.15, 0.2) is 0 Å². The lowest BCUT2D eigenvalue weighted by molar-refractivity contribution is 0.113. The third-order valence-corrected chi connectivity index (χ3v) is 3.77. The van der Waals surface area contributed by atoms with Crippen LogP contribution in [0.5, 0.6) is 0 Å². The van der Waals surface area contributed by atoms with Crippen LogP contribution in [0.2, 0.25) is 0 Å². The van der Waals surface area contributed by atoms with Gasteiger partial charge in [0.05, 0.1) is 6.10 Å². The molecule has 0 aliphatic carbocycles. The van der Waals surface area contributed by atoms with Crippen molar-refractivity contribution in [2.45, 2.75) is 32.4 Å². The maximum absolute atomic E-state index is 9.48. The first-order chi connectivity index (χ1) is 8.13. The summed E-state index contributed by atoms with van der Waals surface area (Å²) in [6, 6.07) is 0.502. The molecule has 2 atom stereocenters. The van der Waals surface area contributed by atoms with E-state index in [1.807, 2.05) is 0 Å². The lowest BCUT2D eigenvalue weighted by Crippen LogP contribution is -2.50. The molecule has 0 amide bonds. The van der Waals surface area contributed by atoms with Crippen LogP contribution >= 0.6 is 0 Å². The highest BCUT2D eigenvalue weighted by Gasteiger charge is 2.25. The standard InChI is InChI=1S/C13H27N3O/c1-11(2)9-15-3-5-16(6-4-15)10-12-7-13(17)8-14-12/h11-14,17H,3-10H2,1-2H3. The van der Waals surface area contributed by atoms with Gasteiger partial charge in [0, 0.05) is 51.9 Å². The second-order valence-electron chi connectivity index (χ2n) is 5.99. The van der Waals surface area contributed by atoms with Gasteiger partial charge in [-0.15, -0.1) is 0 Å². The molecule has 17 heavy (non-hydrogen) atoms. The van der Waals surface area contributed by atoms with Crippen LogP contribution < -0.4 is 5.32 Å². The summed E-state index contributed by atoms with van der Waals surface area (Å²) in [5, 5.41) is 12.9. The van der Waals surface area contributed by atoms with Crippen molar-refractivity contribution >= 4 is 0 Å². The molecule has 2 rings (SSSR count). The summed E-state index contributed by atoms with van der Waals surface area (Å²) in [4.78, 5) is 5.10. The number of piperazine rings is 1. The Bertz CT molecular complexity index is 227. The van der Waals surface area contributed by atoms with Crippen molar-refractivity contribution in [3.8, 4) is 0 Å². The number of hydrogen-bond acceptors (Lipinski definition) is 4. The van der Waals surface area contributed by atoms with Crippen LogP contribution in [0.4, 0.5) is 0 Å². The Labute approximate surface area is 105 Å². The first-order valence-corrected chi connectivity index (χ1v) is 6.99. The number of aliphatic hydroxyl groups excluding tert-OH is 1. The zero-order valence-corrected chi connectivity index (χ0v) is 11.2. The Morgan fingerprint density at radius 2 is 1.82 bits per heavy atom. The molecule has 2 N–H and O–H groups in total. The minimum Gasteiger partial charge on any atom is -0.392 e. The van der Waals surface area contributed by atoms with Gasteiger partial charge < -0.3 is 15.3 Å². The number of nitrogens with one attached hydrogen (secondary N) is 1. The maximum atomic E-state index is 9.48. The van der Waals surface area contributed by atoms with Crippen molar-refractivity contribution in [3.63, 3.8) is 0 Å². The molecule has 0 aromatic carbocycles. The summed E-state index contributed by atoms with van der Waals surface area (Å²) >= 11 is 0. The second-order valence-corrected chi connectivity index (χ2v) is 5.99. The van der Waals surface area contributed by atoms with Gasteiger partial charge in [-0.3, -0.25) is 4.90 Å². The molecule has 2 aliphatic rings. The molecular weight excluding hydrogens is 214 g/mol. The summed E-state index contributed by atoms with van der Waals surface area (Å²) < 4.78 is 0. The first kappa shape index (κ1) is 13.3. The van der Waals surface area contributed by atoms with E-state index in [-0.39, 0.29) is 6.10 Å². The fraction of sp³-hybridized carbons (Fsp3) is 1.00. The average molecular weight is 241 g/mol. The maximum Gasteiger partial charge on any atom is 0.0680 e. The number of hydrogen-bond donors (Lipinski definition) is 2. The van der Waals surface area contributed by atoms with E-state index >= 15 is 0 Å². The second kappa shape index (κ2) is 6.14. The molecule has 0 aromatic rings. The minimum absolute atomic E-state index is 0.123. The Balaban J connectivity index is 1.65. The highest BCUT2D eigenvalue weighted by atomic mass is 16.3. The molecule has 2 aliphatic heterocycles. The first-order valence-electron chi connectivity index (χ1n) is 6.99. The monoisotopic (exact) mass is 241 g/mol. The zero-order chi connectivity index (χ0) is 12.3. The fourth-order valence-electron chi connectivity index (χ4n) is 2.92. The quantitative estimate of drug-likeness (QED) is 0.726. The Hall–Kier alpha value is -0.160. The van der Waals surface area contributed by atoms with Crippen molar-refractivity contribution in [2.24, 2.45) is 5.92 Å².